The van der Waals surface area contributed by atoms with Gasteiger partial charge in [-0.2, -0.15) is 0 Å². The second kappa shape index (κ2) is 7.31. The number of amides is 1. The maximum absolute atomic E-state index is 12.2. The molecule has 1 heterocycles. The molecule has 0 unspecified atom stereocenters. The summed E-state index contributed by atoms with van der Waals surface area (Å²) in [6.45, 7) is 1.75. The lowest BCUT2D eigenvalue weighted by Crippen LogP contribution is -2.31. The topological polar surface area (TPSA) is 73.9 Å². The van der Waals surface area contributed by atoms with E-state index in [1.54, 1.807) is 6.07 Å². The van der Waals surface area contributed by atoms with E-state index in [9.17, 15) is 9.59 Å². The number of hydrogen-bond acceptors (Lipinski definition) is 5. The van der Waals surface area contributed by atoms with Crippen molar-refractivity contribution in [2.24, 2.45) is 0 Å². The largest absolute Gasteiger partial charge is 0.454 e. The first-order valence-corrected chi connectivity index (χ1v) is 9.08. The number of benzene rings is 2. The summed E-state index contributed by atoms with van der Waals surface area (Å²) in [6, 6.07) is 10.9. The summed E-state index contributed by atoms with van der Waals surface area (Å²) < 4.78 is 15.8. The highest BCUT2D eigenvalue weighted by Gasteiger charge is 2.18. The van der Waals surface area contributed by atoms with Crippen molar-refractivity contribution in [1.82, 2.24) is 5.32 Å². The highest BCUT2D eigenvalue weighted by Crippen LogP contribution is 2.34. The third kappa shape index (κ3) is 3.74. The SMILES string of the molecule is C[C@H](NC(=O)COC(=O)c1ccc2c(c1)CCC2)c1ccc2c(c1)OCO2. The summed E-state index contributed by atoms with van der Waals surface area (Å²) in [6.07, 6.45) is 3.17. The second-order valence-electron chi connectivity index (χ2n) is 6.82. The molecule has 1 amide bonds. The molecular formula is C21H21NO5. The summed E-state index contributed by atoms with van der Waals surface area (Å²) >= 11 is 0. The van der Waals surface area contributed by atoms with Gasteiger partial charge < -0.3 is 19.5 Å². The van der Waals surface area contributed by atoms with Crippen LogP contribution in [0.5, 0.6) is 11.5 Å². The molecule has 0 spiro atoms. The Kier molecular flexibility index (Phi) is 4.71. The minimum Gasteiger partial charge on any atom is -0.454 e. The lowest BCUT2D eigenvalue weighted by molar-refractivity contribution is -0.124. The number of fused-ring (bicyclic) bond motifs is 2. The van der Waals surface area contributed by atoms with Crippen molar-refractivity contribution in [2.75, 3.05) is 13.4 Å². The molecule has 2 aromatic carbocycles. The number of esters is 1. The van der Waals surface area contributed by atoms with Crippen molar-refractivity contribution in [3.05, 3.63) is 58.7 Å². The van der Waals surface area contributed by atoms with Crippen LogP contribution in [0, 0.1) is 0 Å². The Morgan fingerprint density at radius 3 is 2.78 bits per heavy atom. The second-order valence-corrected chi connectivity index (χ2v) is 6.82. The first-order valence-electron chi connectivity index (χ1n) is 9.08. The number of nitrogens with one attached hydrogen (secondary N) is 1. The zero-order chi connectivity index (χ0) is 18.8. The fourth-order valence-electron chi connectivity index (χ4n) is 3.46. The van der Waals surface area contributed by atoms with Crippen molar-refractivity contribution in [3.63, 3.8) is 0 Å². The Morgan fingerprint density at radius 2 is 1.89 bits per heavy atom. The van der Waals surface area contributed by atoms with Crippen LogP contribution >= 0.6 is 0 Å². The van der Waals surface area contributed by atoms with E-state index in [4.69, 9.17) is 14.2 Å². The van der Waals surface area contributed by atoms with Crippen LogP contribution in [0.3, 0.4) is 0 Å². The molecule has 0 saturated carbocycles. The Morgan fingerprint density at radius 1 is 1.07 bits per heavy atom. The Labute approximate surface area is 157 Å². The maximum Gasteiger partial charge on any atom is 0.338 e. The summed E-state index contributed by atoms with van der Waals surface area (Å²) in [5.41, 5.74) is 3.87. The van der Waals surface area contributed by atoms with Crippen molar-refractivity contribution in [2.45, 2.75) is 32.2 Å². The number of ether oxygens (including phenoxy) is 3. The number of aryl methyl sites for hydroxylation is 2. The third-order valence-electron chi connectivity index (χ3n) is 4.94. The molecule has 0 aromatic heterocycles. The van der Waals surface area contributed by atoms with Crippen LogP contribution < -0.4 is 14.8 Å². The molecule has 1 atom stereocenters. The van der Waals surface area contributed by atoms with E-state index in [1.165, 1.54) is 11.1 Å². The van der Waals surface area contributed by atoms with Gasteiger partial charge in [-0.15, -0.1) is 0 Å². The van der Waals surface area contributed by atoms with E-state index >= 15 is 0 Å². The van der Waals surface area contributed by atoms with Crippen LogP contribution in [0.15, 0.2) is 36.4 Å². The smallest absolute Gasteiger partial charge is 0.338 e. The van der Waals surface area contributed by atoms with Crippen LogP contribution in [0.4, 0.5) is 0 Å². The van der Waals surface area contributed by atoms with Gasteiger partial charge in [0, 0.05) is 0 Å². The summed E-state index contributed by atoms with van der Waals surface area (Å²) in [7, 11) is 0. The lowest BCUT2D eigenvalue weighted by Gasteiger charge is -2.15. The van der Waals surface area contributed by atoms with Gasteiger partial charge in [0.25, 0.3) is 5.91 Å². The predicted molar refractivity (Wildman–Crippen MR) is 97.9 cm³/mol. The molecule has 2 aliphatic rings. The van der Waals surface area contributed by atoms with Crippen LogP contribution in [0.25, 0.3) is 0 Å². The molecule has 1 aliphatic heterocycles. The molecule has 4 rings (SSSR count). The summed E-state index contributed by atoms with van der Waals surface area (Å²) in [5.74, 6) is 0.530. The molecule has 27 heavy (non-hydrogen) atoms. The van der Waals surface area contributed by atoms with E-state index in [1.807, 2.05) is 37.3 Å². The zero-order valence-corrected chi connectivity index (χ0v) is 15.1. The van der Waals surface area contributed by atoms with Gasteiger partial charge in [0.2, 0.25) is 6.79 Å². The Bertz CT molecular complexity index is 892. The molecule has 6 nitrogen and oxygen atoms in total. The normalized spacial score (nSPS) is 15.1. The zero-order valence-electron chi connectivity index (χ0n) is 15.1. The molecule has 1 N–H and O–H groups in total. The van der Waals surface area contributed by atoms with Gasteiger partial charge in [0.15, 0.2) is 18.1 Å². The van der Waals surface area contributed by atoms with Gasteiger partial charge in [-0.05, 0) is 67.1 Å². The summed E-state index contributed by atoms with van der Waals surface area (Å²) in [5, 5.41) is 2.82. The van der Waals surface area contributed by atoms with Gasteiger partial charge in [0.05, 0.1) is 11.6 Å². The maximum atomic E-state index is 12.2. The number of rotatable bonds is 5. The fourth-order valence-corrected chi connectivity index (χ4v) is 3.46. The van der Waals surface area contributed by atoms with Crippen molar-refractivity contribution in [1.29, 1.82) is 0 Å². The van der Waals surface area contributed by atoms with Crippen LogP contribution in [-0.4, -0.2) is 25.3 Å². The quantitative estimate of drug-likeness (QED) is 0.823. The lowest BCUT2D eigenvalue weighted by atomic mass is 10.1. The first kappa shape index (κ1) is 17.4. The van der Waals surface area contributed by atoms with Gasteiger partial charge >= 0.3 is 5.97 Å². The number of carbonyl (C=O) groups is 2. The molecule has 0 bridgehead atoms. The van der Waals surface area contributed by atoms with Crippen LogP contribution in [0.2, 0.25) is 0 Å². The Hall–Kier alpha value is -3.02. The molecule has 0 fully saturated rings. The predicted octanol–water partition coefficient (Wildman–Crippen LogP) is 2.94. The number of carbonyl (C=O) groups excluding carboxylic acids is 2. The van der Waals surface area contributed by atoms with Gasteiger partial charge in [0.1, 0.15) is 0 Å². The van der Waals surface area contributed by atoms with E-state index in [0.717, 1.165) is 24.8 Å². The van der Waals surface area contributed by atoms with Gasteiger partial charge in [-0.1, -0.05) is 12.1 Å². The highest BCUT2D eigenvalue weighted by molar-refractivity contribution is 5.91. The van der Waals surface area contributed by atoms with Crippen LogP contribution in [-0.2, 0) is 22.4 Å². The van der Waals surface area contributed by atoms with E-state index in [2.05, 4.69) is 5.32 Å². The van der Waals surface area contributed by atoms with Crippen molar-refractivity contribution in [3.8, 4) is 11.5 Å². The Balaban J connectivity index is 1.31. The summed E-state index contributed by atoms with van der Waals surface area (Å²) in [4.78, 5) is 24.3. The highest BCUT2D eigenvalue weighted by atomic mass is 16.7. The van der Waals surface area contributed by atoms with Gasteiger partial charge in [-0.3, -0.25) is 4.79 Å². The van der Waals surface area contributed by atoms with E-state index < -0.39 is 5.97 Å². The molecule has 140 valence electrons. The van der Waals surface area contributed by atoms with Gasteiger partial charge in [-0.25, -0.2) is 4.79 Å². The standard InChI is InChI=1S/C21H21NO5/c1-13(15-7-8-18-19(10-15)27-12-26-18)22-20(23)11-25-21(24)17-6-5-14-3-2-4-16(14)9-17/h5-10,13H,2-4,11-12H2,1H3,(H,22,23)/t13-/m0/s1. The fraction of sp³-hybridized carbons (Fsp3) is 0.333. The van der Waals surface area contributed by atoms with E-state index in [0.29, 0.717) is 17.1 Å². The molecule has 1 aliphatic carbocycles. The first-order chi connectivity index (χ1) is 13.1. The molecule has 6 heteroatoms. The molecule has 0 saturated heterocycles. The average molecular weight is 367 g/mol. The van der Waals surface area contributed by atoms with Crippen molar-refractivity contribution < 1.29 is 23.8 Å². The molecule has 2 aromatic rings. The minimum absolute atomic E-state index is 0.207. The third-order valence-corrected chi connectivity index (χ3v) is 4.94. The molecule has 0 radical (unpaired) electrons. The number of hydrogen-bond donors (Lipinski definition) is 1. The van der Waals surface area contributed by atoms with E-state index in [-0.39, 0.29) is 25.3 Å². The molecular weight excluding hydrogens is 346 g/mol. The van der Waals surface area contributed by atoms with Crippen LogP contribution in [0.1, 0.15) is 46.4 Å². The monoisotopic (exact) mass is 367 g/mol. The van der Waals surface area contributed by atoms with Crippen molar-refractivity contribution >= 4 is 11.9 Å². The minimum atomic E-state index is -0.476. The average Bonchev–Trinajstić information content (AvgIpc) is 3.33.